The van der Waals surface area contributed by atoms with Crippen LogP contribution in [0.5, 0.6) is 0 Å². The van der Waals surface area contributed by atoms with Crippen molar-refractivity contribution in [2.45, 2.75) is 71.1 Å². The molecular formula is C16H32N2O3. The van der Waals surface area contributed by atoms with Crippen LogP contribution in [0.3, 0.4) is 0 Å². The highest BCUT2D eigenvalue weighted by Gasteiger charge is 2.04. The predicted molar refractivity (Wildman–Crippen MR) is 84.9 cm³/mol. The molecule has 0 bridgehead atoms. The monoisotopic (exact) mass is 300 g/mol. The zero-order valence-electron chi connectivity index (χ0n) is 13.5. The van der Waals surface area contributed by atoms with Crippen molar-refractivity contribution in [3.8, 4) is 0 Å². The van der Waals surface area contributed by atoms with Crippen LogP contribution in [-0.2, 0) is 9.59 Å². The van der Waals surface area contributed by atoms with Gasteiger partial charge in [0.15, 0.2) is 0 Å². The van der Waals surface area contributed by atoms with Gasteiger partial charge in [0.2, 0.25) is 11.8 Å². The molecule has 2 amide bonds. The maximum atomic E-state index is 11.5. The number of amides is 2. The molecule has 0 saturated heterocycles. The van der Waals surface area contributed by atoms with Crippen LogP contribution in [-0.4, -0.2) is 36.6 Å². The Bertz CT molecular complexity index is 270. The standard InChI is InChI=1S/C16H32N2O3/c1-2-3-4-5-6-7-8-9-12-17-16(21)14-18-15(20)11-10-13-19/h19H,2-14H2,1H3,(H,17,21)(H,18,20). The van der Waals surface area contributed by atoms with Crippen LogP contribution in [0, 0.1) is 0 Å². The van der Waals surface area contributed by atoms with Gasteiger partial charge >= 0.3 is 0 Å². The number of carbonyl (C=O) groups is 2. The summed E-state index contributed by atoms with van der Waals surface area (Å²) in [4.78, 5) is 22.7. The number of unbranched alkanes of at least 4 members (excludes halogenated alkanes) is 7. The lowest BCUT2D eigenvalue weighted by molar-refractivity contribution is -0.126. The SMILES string of the molecule is CCCCCCCCCCNC(=O)CNC(=O)CCCO. The third-order valence-corrected chi connectivity index (χ3v) is 3.36. The molecule has 0 radical (unpaired) electrons. The molecule has 5 heteroatoms. The lowest BCUT2D eigenvalue weighted by Gasteiger charge is -2.06. The fourth-order valence-electron chi connectivity index (χ4n) is 2.06. The van der Waals surface area contributed by atoms with Crippen LogP contribution < -0.4 is 10.6 Å². The van der Waals surface area contributed by atoms with Crippen LogP contribution in [0.2, 0.25) is 0 Å². The topological polar surface area (TPSA) is 78.4 Å². The second kappa shape index (κ2) is 15.3. The number of rotatable bonds is 14. The summed E-state index contributed by atoms with van der Waals surface area (Å²) < 4.78 is 0. The molecule has 0 aromatic rings. The molecular weight excluding hydrogens is 268 g/mol. The minimum atomic E-state index is -0.189. The summed E-state index contributed by atoms with van der Waals surface area (Å²) in [6, 6.07) is 0. The minimum Gasteiger partial charge on any atom is -0.396 e. The molecule has 0 aliphatic carbocycles. The Morgan fingerprint density at radius 2 is 1.43 bits per heavy atom. The third kappa shape index (κ3) is 15.1. The van der Waals surface area contributed by atoms with Gasteiger partial charge in [-0.15, -0.1) is 0 Å². The molecule has 0 aliphatic rings. The average molecular weight is 300 g/mol. The molecule has 0 atom stereocenters. The summed E-state index contributed by atoms with van der Waals surface area (Å²) in [6.07, 6.45) is 10.6. The van der Waals surface area contributed by atoms with Gasteiger partial charge in [-0.3, -0.25) is 9.59 Å². The van der Waals surface area contributed by atoms with Crippen LogP contribution in [0.15, 0.2) is 0 Å². The zero-order valence-corrected chi connectivity index (χ0v) is 13.5. The van der Waals surface area contributed by atoms with Crippen LogP contribution in [0.1, 0.15) is 71.1 Å². The van der Waals surface area contributed by atoms with Crippen molar-refractivity contribution in [2.24, 2.45) is 0 Å². The van der Waals surface area contributed by atoms with Crippen molar-refractivity contribution in [1.82, 2.24) is 10.6 Å². The van der Waals surface area contributed by atoms with Gasteiger partial charge in [-0.05, 0) is 12.8 Å². The van der Waals surface area contributed by atoms with Gasteiger partial charge in [-0.1, -0.05) is 51.9 Å². The molecule has 0 spiro atoms. The van der Waals surface area contributed by atoms with E-state index in [0.717, 1.165) is 12.8 Å². The van der Waals surface area contributed by atoms with E-state index in [1.807, 2.05) is 0 Å². The number of carbonyl (C=O) groups excluding carboxylic acids is 2. The van der Waals surface area contributed by atoms with Crippen LogP contribution in [0.4, 0.5) is 0 Å². The molecule has 124 valence electrons. The number of aliphatic hydroxyl groups is 1. The number of hydrogen-bond acceptors (Lipinski definition) is 3. The minimum absolute atomic E-state index is 0.00192. The van der Waals surface area contributed by atoms with E-state index in [1.165, 1.54) is 38.5 Å². The van der Waals surface area contributed by atoms with Gasteiger partial charge in [-0.25, -0.2) is 0 Å². The Morgan fingerprint density at radius 3 is 2.05 bits per heavy atom. The first-order chi connectivity index (χ1) is 10.2. The lowest BCUT2D eigenvalue weighted by atomic mass is 10.1. The van der Waals surface area contributed by atoms with Gasteiger partial charge in [0.05, 0.1) is 6.54 Å². The molecule has 0 saturated carbocycles. The Labute approximate surface area is 128 Å². The summed E-state index contributed by atoms with van der Waals surface area (Å²) >= 11 is 0. The third-order valence-electron chi connectivity index (χ3n) is 3.36. The average Bonchev–Trinajstić information content (AvgIpc) is 2.49. The molecule has 5 nitrogen and oxygen atoms in total. The second-order valence-corrected chi connectivity index (χ2v) is 5.43. The quantitative estimate of drug-likeness (QED) is 0.430. The predicted octanol–water partition coefficient (Wildman–Crippen LogP) is 2.13. The van der Waals surface area contributed by atoms with Gasteiger partial charge < -0.3 is 15.7 Å². The normalized spacial score (nSPS) is 10.4. The summed E-state index contributed by atoms with van der Waals surface area (Å²) in [5.41, 5.74) is 0. The van der Waals surface area contributed by atoms with E-state index >= 15 is 0 Å². The fourth-order valence-corrected chi connectivity index (χ4v) is 2.06. The molecule has 0 aromatic carbocycles. The number of hydrogen-bond donors (Lipinski definition) is 3. The van der Waals surface area contributed by atoms with E-state index in [9.17, 15) is 9.59 Å². The summed E-state index contributed by atoms with van der Waals surface area (Å²) in [5, 5.41) is 13.9. The highest BCUT2D eigenvalue weighted by Crippen LogP contribution is 2.07. The summed E-state index contributed by atoms with van der Waals surface area (Å²) in [6.45, 7) is 2.93. The first-order valence-electron chi connectivity index (χ1n) is 8.35. The van der Waals surface area contributed by atoms with Gasteiger partial charge in [0.25, 0.3) is 0 Å². The van der Waals surface area contributed by atoms with Crippen molar-refractivity contribution in [3.05, 3.63) is 0 Å². The van der Waals surface area contributed by atoms with Crippen molar-refractivity contribution in [3.63, 3.8) is 0 Å². The van der Waals surface area contributed by atoms with Gasteiger partial charge in [0, 0.05) is 19.6 Å². The zero-order chi connectivity index (χ0) is 15.8. The molecule has 0 aromatic heterocycles. The fraction of sp³-hybridized carbons (Fsp3) is 0.875. The largest absolute Gasteiger partial charge is 0.396 e. The summed E-state index contributed by atoms with van der Waals surface area (Å²) in [5.74, 6) is -0.332. The van der Waals surface area contributed by atoms with Crippen molar-refractivity contribution >= 4 is 11.8 Å². The van der Waals surface area contributed by atoms with Crippen LogP contribution in [0.25, 0.3) is 0 Å². The molecule has 0 rings (SSSR count). The van der Waals surface area contributed by atoms with E-state index < -0.39 is 0 Å². The number of nitrogens with one attached hydrogen (secondary N) is 2. The Balaban J connectivity index is 3.28. The maximum absolute atomic E-state index is 11.5. The molecule has 0 fully saturated rings. The lowest BCUT2D eigenvalue weighted by Crippen LogP contribution is -2.37. The van der Waals surface area contributed by atoms with Crippen molar-refractivity contribution in [1.29, 1.82) is 0 Å². The first-order valence-corrected chi connectivity index (χ1v) is 8.35. The summed E-state index contributed by atoms with van der Waals surface area (Å²) in [7, 11) is 0. The van der Waals surface area contributed by atoms with Gasteiger partial charge in [0.1, 0.15) is 0 Å². The molecule has 0 heterocycles. The van der Waals surface area contributed by atoms with Crippen LogP contribution >= 0.6 is 0 Å². The molecule has 3 N–H and O–H groups in total. The van der Waals surface area contributed by atoms with E-state index in [-0.39, 0.29) is 31.4 Å². The van der Waals surface area contributed by atoms with E-state index in [1.54, 1.807) is 0 Å². The molecule has 21 heavy (non-hydrogen) atoms. The molecule has 0 unspecified atom stereocenters. The van der Waals surface area contributed by atoms with E-state index in [2.05, 4.69) is 17.6 Å². The second-order valence-electron chi connectivity index (χ2n) is 5.43. The Hall–Kier alpha value is -1.10. The smallest absolute Gasteiger partial charge is 0.239 e. The van der Waals surface area contributed by atoms with Gasteiger partial charge in [-0.2, -0.15) is 0 Å². The van der Waals surface area contributed by atoms with Crippen molar-refractivity contribution in [2.75, 3.05) is 19.7 Å². The highest BCUT2D eigenvalue weighted by molar-refractivity contribution is 5.84. The van der Waals surface area contributed by atoms with Crippen molar-refractivity contribution < 1.29 is 14.7 Å². The molecule has 0 aliphatic heterocycles. The Kier molecular flexibility index (Phi) is 14.5. The maximum Gasteiger partial charge on any atom is 0.239 e. The van der Waals surface area contributed by atoms with E-state index in [4.69, 9.17) is 5.11 Å². The Morgan fingerprint density at radius 1 is 0.810 bits per heavy atom. The highest BCUT2D eigenvalue weighted by atomic mass is 16.3. The first kappa shape index (κ1) is 19.9. The number of aliphatic hydroxyl groups excluding tert-OH is 1. The van der Waals surface area contributed by atoms with E-state index in [0.29, 0.717) is 13.0 Å².